The van der Waals surface area contributed by atoms with E-state index in [4.69, 9.17) is 22.6 Å². The molecule has 1 aromatic heterocycles. The third kappa shape index (κ3) is 1.81. The highest BCUT2D eigenvalue weighted by molar-refractivity contribution is 6.30. The molecule has 2 N–H and O–H groups in total. The molecule has 74 valence electrons. The van der Waals surface area contributed by atoms with Gasteiger partial charge in [0.15, 0.2) is 0 Å². The Kier molecular flexibility index (Phi) is 3.33. The smallest absolute Gasteiger partial charge is 0.265 e. The maximum absolute atomic E-state index is 12.5. The van der Waals surface area contributed by atoms with Gasteiger partial charge in [0.05, 0.1) is 5.56 Å². The number of rotatable bonds is 2. The number of hydrogen-bond donors (Lipinski definition) is 1. The molecule has 1 rings (SSSR count). The summed E-state index contributed by atoms with van der Waals surface area (Å²) >= 11 is 5.57. The molecule has 0 spiro atoms. The van der Waals surface area contributed by atoms with Gasteiger partial charge in [-0.3, -0.25) is 0 Å². The first-order valence-electron chi connectivity index (χ1n) is 3.67. The Balaban J connectivity index is 3.46. The topological polar surface area (TPSA) is 62.7 Å². The third-order valence-corrected chi connectivity index (χ3v) is 2.04. The summed E-state index contributed by atoms with van der Waals surface area (Å²) in [5.74, 6) is 0. The van der Waals surface area contributed by atoms with Crippen molar-refractivity contribution in [1.29, 1.82) is 5.26 Å². The van der Waals surface area contributed by atoms with E-state index in [1.54, 1.807) is 6.07 Å². The van der Waals surface area contributed by atoms with E-state index in [0.29, 0.717) is 0 Å². The number of pyridine rings is 1. The van der Waals surface area contributed by atoms with Crippen LogP contribution in [-0.4, -0.2) is 4.98 Å². The quantitative estimate of drug-likeness (QED) is 0.771. The lowest BCUT2D eigenvalue weighted by atomic mass is 10.1. The summed E-state index contributed by atoms with van der Waals surface area (Å²) in [5, 5.41) is 8.49. The van der Waals surface area contributed by atoms with Gasteiger partial charge >= 0.3 is 0 Å². The summed E-state index contributed by atoms with van der Waals surface area (Å²) in [4.78, 5) is 3.59. The van der Waals surface area contributed by atoms with Crippen molar-refractivity contribution in [3.05, 3.63) is 28.0 Å². The zero-order valence-electron chi connectivity index (χ0n) is 6.97. The number of nitriles is 1. The SMILES string of the molecule is N#Cc1cnc(Cl)c(CN)c1C(F)F. The molecule has 0 bridgehead atoms. The van der Waals surface area contributed by atoms with E-state index in [2.05, 4.69) is 4.98 Å². The molecule has 0 fully saturated rings. The number of halogens is 3. The van der Waals surface area contributed by atoms with Crippen LogP contribution in [0.3, 0.4) is 0 Å². The minimum Gasteiger partial charge on any atom is -0.326 e. The maximum atomic E-state index is 12.5. The van der Waals surface area contributed by atoms with E-state index < -0.39 is 12.0 Å². The van der Waals surface area contributed by atoms with Crippen molar-refractivity contribution in [2.24, 2.45) is 5.73 Å². The van der Waals surface area contributed by atoms with E-state index in [-0.39, 0.29) is 22.8 Å². The van der Waals surface area contributed by atoms with Gasteiger partial charge in [0, 0.05) is 23.9 Å². The maximum Gasteiger partial charge on any atom is 0.265 e. The fraction of sp³-hybridized carbons (Fsp3) is 0.250. The highest BCUT2D eigenvalue weighted by Crippen LogP contribution is 2.29. The van der Waals surface area contributed by atoms with E-state index in [0.717, 1.165) is 6.20 Å². The van der Waals surface area contributed by atoms with E-state index in [1.165, 1.54) is 0 Å². The average Bonchev–Trinajstić information content (AvgIpc) is 2.17. The van der Waals surface area contributed by atoms with Crippen LogP contribution in [0.2, 0.25) is 5.15 Å². The number of nitrogens with zero attached hydrogens (tertiary/aromatic N) is 2. The number of alkyl halides is 2. The molecular weight excluding hydrogens is 212 g/mol. The van der Waals surface area contributed by atoms with Gasteiger partial charge in [-0.05, 0) is 0 Å². The van der Waals surface area contributed by atoms with Crippen LogP contribution < -0.4 is 5.73 Å². The van der Waals surface area contributed by atoms with E-state index >= 15 is 0 Å². The van der Waals surface area contributed by atoms with Crippen LogP contribution in [0.4, 0.5) is 8.78 Å². The van der Waals surface area contributed by atoms with Gasteiger partial charge in [0.2, 0.25) is 0 Å². The van der Waals surface area contributed by atoms with Crippen LogP contribution in [0, 0.1) is 11.3 Å². The Hall–Kier alpha value is -1.25. The van der Waals surface area contributed by atoms with Gasteiger partial charge in [0.25, 0.3) is 6.43 Å². The largest absolute Gasteiger partial charge is 0.326 e. The lowest BCUT2D eigenvalue weighted by Crippen LogP contribution is -2.06. The van der Waals surface area contributed by atoms with Crippen LogP contribution in [0.1, 0.15) is 23.1 Å². The predicted molar refractivity (Wildman–Crippen MR) is 46.8 cm³/mol. The molecule has 0 aliphatic carbocycles. The van der Waals surface area contributed by atoms with E-state index in [9.17, 15) is 8.78 Å². The van der Waals surface area contributed by atoms with Crippen LogP contribution in [-0.2, 0) is 6.54 Å². The van der Waals surface area contributed by atoms with Crippen molar-refractivity contribution in [2.75, 3.05) is 0 Å². The molecule has 0 saturated heterocycles. The first-order valence-corrected chi connectivity index (χ1v) is 4.05. The second-order valence-corrected chi connectivity index (χ2v) is 2.83. The summed E-state index contributed by atoms with van der Waals surface area (Å²) in [6.45, 7) is -0.166. The summed E-state index contributed by atoms with van der Waals surface area (Å²) in [6, 6.07) is 1.62. The Morgan fingerprint density at radius 3 is 2.71 bits per heavy atom. The zero-order chi connectivity index (χ0) is 10.7. The van der Waals surface area contributed by atoms with Gasteiger partial charge in [-0.1, -0.05) is 11.6 Å². The lowest BCUT2D eigenvalue weighted by molar-refractivity contribution is 0.150. The van der Waals surface area contributed by atoms with Gasteiger partial charge in [0.1, 0.15) is 11.2 Å². The van der Waals surface area contributed by atoms with Crippen molar-refractivity contribution in [2.45, 2.75) is 13.0 Å². The molecule has 6 heteroatoms. The lowest BCUT2D eigenvalue weighted by Gasteiger charge is -2.09. The standard InChI is InChI=1S/C8H6ClF2N3/c9-7-5(2-13)6(8(10)11)4(1-12)3-14-7/h3,8H,2,13H2. The molecule has 0 amide bonds. The summed E-state index contributed by atoms with van der Waals surface area (Å²) in [5.41, 5.74) is 4.66. The fourth-order valence-electron chi connectivity index (χ4n) is 1.07. The first kappa shape index (κ1) is 10.8. The van der Waals surface area contributed by atoms with Crippen molar-refractivity contribution < 1.29 is 8.78 Å². The molecule has 0 atom stereocenters. The van der Waals surface area contributed by atoms with Gasteiger partial charge in [-0.15, -0.1) is 0 Å². The molecule has 0 unspecified atom stereocenters. The first-order chi connectivity index (χ1) is 6.61. The van der Waals surface area contributed by atoms with Crippen LogP contribution in [0.5, 0.6) is 0 Å². The van der Waals surface area contributed by atoms with Crippen molar-refractivity contribution >= 4 is 11.6 Å². The van der Waals surface area contributed by atoms with Gasteiger partial charge in [-0.25, -0.2) is 13.8 Å². The molecular formula is C8H6ClF2N3. The monoisotopic (exact) mass is 217 g/mol. The molecule has 0 aromatic carbocycles. The second kappa shape index (κ2) is 4.31. The summed E-state index contributed by atoms with van der Waals surface area (Å²) in [7, 11) is 0. The van der Waals surface area contributed by atoms with Crippen LogP contribution >= 0.6 is 11.6 Å². The Morgan fingerprint density at radius 2 is 2.29 bits per heavy atom. The Bertz CT molecular complexity index is 387. The zero-order valence-corrected chi connectivity index (χ0v) is 7.72. The van der Waals surface area contributed by atoms with Crippen LogP contribution in [0.25, 0.3) is 0 Å². The average molecular weight is 218 g/mol. The van der Waals surface area contributed by atoms with E-state index in [1.807, 2.05) is 0 Å². The highest BCUT2D eigenvalue weighted by Gasteiger charge is 2.20. The second-order valence-electron chi connectivity index (χ2n) is 2.47. The minimum atomic E-state index is -2.77. The number of nitrogens with two attached hydrogens (primary N) is 1. The van der Waals surface area contributed by atoms with Crippen molar-refractivity contribution in [3.63, 3.8) is 0 Å². The normalized spacial score (nSPS) is 10.3. The Labute approximate surface area is 84.1 Å². The molecule has 0 radical (unpaired) electrons. The summed E-state index contributed by atoms with van der Waals surface area (Å²) < 4.78 is 25.1. The molecule has 0 aliphatic rings. The van der Waals surface area contributed by atoms with Gasteiger partial charge < -0.3 is 5.73 Å². The number of hydrogen-bond acceptors (Lipinski definition) is 3. The Morgan fingerprint density at radius 1 is 1.64 bits per heavy atom. The van der Waals surface area contributed by atoms with Crippen molar-refractivity contribution in [1.82, 2.24) is 4.98 Å². The molecule has 14 heavy (non-hydrogen) atoms. The van der Waals surface area contributed by atoms with Crippen molar-refractivity contribution in [3.8, 4) is 6.07 Å². The fourth-order valence-corrected chi connectivity index (χ4v) is 1.30. The third-order valence-electron chi connectivity index (χ3n) is 1.71. The highest BCUT2D eigenvalue weighted by atomic mass is 35.5. The molecule has 3 nitrogen and oxygen atoms in total. The molecule has 1 heterocycles. The van der Waals surface area contributed by atoms with Gasteiger partial charge in [-0.2, -0.15) is 5.26 Å². The van der Waals surface area contributed by atoms with Crippen LogP contribution in [0.15, 0.2) is 6.20 Å². The summed E-state index contributed by atoms with van der Waals surface area (Å²) in [6.07, 6.45) is -1.76. The molecule has 0 aliphatic heterocycles. The predicted octanol–water partition coefficient (Wildman–Crippen LogP) is 2.00. The molecule has 1 aromatic rings. The minimum absolute atomic E-state index is 0.0284. The number of aromatic nitrogens is 1. The molecule has 0 saturated carbocycles.